The van der Waals surface area contributed by atoms with Gasteiger partial charge in [0.25, 0.3) is 5.69 Å². The van der Waals surface area contributed by atoms with Crippen LogP contribution in [0, 0.1) is 10.1 Å². The summed E-state index contributed by atoms with van der Waals surface area (Å²) in [6.45, 7) is 2.05. The average Bonchev–Trinajstić information content (AvgIpc) is 2.49. The summed E-state index contributed by atoms with van der Waals surface area (Å²) < 4.78 is 0. The summed E-state index contributed by atoms with van der Waals surface area (Å²) in [6.07, 6.45) is 0.864. The number of hydrogen-bond acceptors (Lipinski definition) is 3. The fourth-order valence-corrected chi connectivity index (χ4v) is 2.33. The third-order valence-electron chi connectivity index (χ3n) is 3.06. The van der Waals surface area contributed by atoms with Gasteiger partial charge in [-0.1, -0.05) is 36.7 Å². The number of hydrogen-bond donors (Lipinski definition) is 2. The summed E-state index contributed by atoms with van der Waals surface area (Å²) in [6, 6.07) is 11.9. The van der Waals surface area contributed by atoms with Gasteiger partial charge in [-0.25, -0.2) is 0 Å². The van der Waals surface area contributed by atoms with Crippen LogP contribution in [0.3, 0.4) is 0 Å². The quantitative estimate of drug-likeness (QED) is 0.485. The molecule has 7 heteroatoms. The first kappa shape index (κ1) is 16.2. The number of halogens is 1. The molecule has 2 N–H and O–H groups in total. The van der Waals surface area contributed by atoms with Crippen LogP contribution < -0.4 is 10.6 Å². The number of rotatable bonds is 4. The van der Waals surface area contributed by atoms with Crippen LogP contribution in [0.2, 0.25) is 5.02 Å². The molecule has 0 aromatic heterocycles. The molecule has 22 heavy (non-hydrogen) atoms. The van der Waals surface area contributed by atoms with Gasteiger partial charge >= 0.3 is 0 Å². The Labute approximate surface area is 138 Å². The van der Waals surface area contributed by atoms with Crippen LogP contribution in [0.25, 0.3) is 0 Å². The highest BCUT2D eigenvalue weighted by atomic mass is 35.5. The Morgan fingerprint density at radius 2 is 1.91 bits per heavy atom. The fourth-order valence-electron chi connectivity index (χ4n) is 1.95. The second kappa shape index (κ2) is 7.20. The number of anilines is 2. The number of nitrogens with zero attached hydrogens (tertiary/aromatic N) is 1. The summed E-state index contributed by atoms with van der Waals surface area (Å²) in [5.41, 5.74) is 2.35. The number of para-hydroxylation sites is 1. The van der Waals surface area contributed by atoms with Gasteiger partial charge in [-0.2, -0.15) is 0 Å². The first-order valence-electron chi connectivity index (χ1n) is 6.61. The van der Waals surface area contributed by atoms with Gasteiger partial charge in [-0.05, 0) is 36.3 Å². The van der Waals surface area contributed by atoms with E-state index in [4.69, 9.17) is 23.8 Å². The molecule has 0 aliphatic heterocycles. The van der Waals surface area contributed by atoms with E-state index in [9.17, 15) is 10.1 Å². The standard InChI is InChI=1S/C15H14ClN3O2S/c1-2-10-5-3-4-6-13(10)17-15(22)18-14-9-11(19(20)21)7-8-12(14)16/h3-9H,2H2,1H3,(H2,17,18,22). The van der Waals surface area contributed by atoms with E-state index in [-0.39, 0.29) is 5.69 Å². The maximum Gasteiger partial charge on any atom is 0.271 e. The Hall–Kier alpha value is -2.18. The van der Waals surface area contributed by atoms with Crippen LogP contribution in [0.1, 0.15) is 12.5 Å². The van der Waals surface area contributed by atoms with Crippen LogP contribution in [-0.4, -0.2) is 10.0 Å². The van der Waals surface area contributed by atoms with Crippen molar-refractivity contribution >= 4 is 46.0 Å². The molecular weight excluding hydrogens is 322 g/mol. The monoisotopic (exact) mass is 335 g/mol. The highest BCUT2D eigenvalue weighted by Gasteiger charge is 2.11. The molecule has 0 aliphatic carbocycles. The van der Waals surface area contributed by atoms with Crippen molar-refractivity contribution < 1.29 is 4.92 Å². The van der Waals surface area contributed by atoms with Gasteiger partial charge in [0.05, 0.1) is 15.6 Å². The minimum atomic E-state index is -0.482. The van der Waals surface area contributed by atoms with Gasteiger partial charge in [0.2, 0.25) is 0 Å². The third kappa shape index (κ3) is 3.93. The zero-order chi connectivity index (χ0) is 16.1. The Morgan fingerprint density at radius 3 is 2.59 bits per heavy atom. The smallest absolute Gasteiger partial charge is 0.271 e. The van der Waals surface area contributed by atoms with Crippen LogP contribution in [0.5, 0.6) is 0 Å². The van der Waals surface area contributed by atoms with Crippen LogP contribution in [0.4, 0.5) is 17.1 Å². The van der Waals surface area contributed by atoms with Crippen molar-refractivity contribution in [3.05, 3.63) is 63.2 Å². The summed E-state index contributed by atoms with van der Waals surface area (Å²) in [4.78, 5) is 10.3. The van der Waals surface area contributed by atoms with Crippen LogP contribution in [0.15, 0.2) is 42.5 Å². The van der Waals surface area contributed by atoms with E-state index in [0.717, 1.165) is 17.7 Å². The van der Waals surface area contributed by atoms with Gasteiger partial charge in [-0.15, -0.1) is 0 Å². The highest BCUT2D eigenvalue weighted by molar-refractivity contribution is 7.80. The number of nitro groups is 1. The van der Waals surface area contributed by atoms with Gasteiger partial charge in [0.1, 0.15) is 0 Å². The first-order valence-corrected chi connectivity index (χ1v) is 7.39. The lowest BCUT2D eigenvalue weighted by molar-refractivity contribution is -0.384. The molecule has 0 heterocycles. The molecule has 0 fully saturated rings. The molecule has 2 aromatic rings. The van der Waals surface area contributed by atoms with Gasteiger partial charge in [0.15, 0.2) is 5.11 Å². The normalized spacial score (nSPS) is 10.1. The van der Waals surface area contributed by atoms with Crippen molar-refractivity contribution in [3.8, 4) is 0 Å². The Balaban J connectivity index is 2.15. The van der Waals surface area contributed by atoms with Crippen molar-refractivity contribution in [2.45, 2.75) is 13.3 Å². The largest absolute Gasteiger partial charge is 0.332 e. The summed E-state index contributed by atoms with van der Waals surface area (Å²) in [5.74, 6) is 0. The fraction of sp³-hybridized carbons (Fsp3) is 0.133. The number of nitrogens with one attached hydrogen (secondary N) is 2. The maximum atomic E-state index is 10.8. The minimum absolute atomic E-state index is 0.0522. The van der Waals surface area contributed by atoms with Gasteiger partial charge in [-0.3, -0.25) is 10.1 Å². The lowest BCUT2D eigenvalue weighted by Crippen LogP contribution is -2.20. The van der Waals surface area contributed by atoms with Crippen LogP contribution >= 0.6 is 23.8 Å². The van der Waals surface area contributed by atoms with E-state index in [1.807, 2.05) is 24.3 Å². The molecule has 0 saturated heterocycles. The van der Waals surface area contributed by atoms with E-state index in [0.29, 0.717) is 15.8 Å². The maximum absolute atomic E-state index is 10.8. The molecule has 2 aromatic carbocycles. The molecule has 0 amide bonds. The molecule has 0 saturated carbocycles. The molecule has 0 bridgehead atoms. The number of nitro benzene ring substituents is 1. The molecular formula is C15H14ClN3O2S. The number of non-ortho nitro benzene ring substituents is 1. The Morgan fingerprint density at radius 1 is 1.23 bits per heavy atom. The molecule has 0 atom stereocenters. The topological polar surface area (TPSA) is 67.2 Å². The van der Waals surface area contributed by atoms with Gasteiger partial charge in [0, 0.05) is 17.8 Å². The van der Waals surface area contributed by atoms with Crippen molar-refractivity contribution in [1.29, 1.82) is 0 Å². The molecule has 114 valence electrons. The lowest BCUT2D eigenvalue weighted by atomic mass is 10.1. The zero-order valence-electron chi connectivity index (χ0n) is 11.8. The summed E-state index contributed by atoms with van der Waals surface area (Å²) in [7, 11) is 0. The predicted octanol–water partition coefficient (Wildman–Crippen LogP) is 4.62. The van der Waals surface area contributed by atoms with Crippen molar-refractivity contribution in [2.24, 2.45) is 0 Å². The number of aryl methyl sites for hydroxylation is 1. The average molecular weight is 336 g/mol. The van der Waals surface area contributed by atoms with Gasteiger partial charge < -0.3 is 10.6 Å². The Bertz CT molecular complexity index is 722. The third-order valence-corrected chi connectivity index (χ3v) is 3.59. The first-order chi connectivity index (χ1) is 10.5. The molecule has 0 spiro atoms. The molecule has 5 nitrogen and oxygen atoms in total. The lowest BCUT2D eigenvalue weighted by Gasteiger charge is -2.14. The summed E-state index contributed by atoms with van der Waals surface area (Å²) in [5, 5.41) is 17.5. The van der Waals surface area contributed by atoms with E-state index in [1.54, 1.807) is 0 Å². The van der Waals surface area contributed by atoms with E-state index in [2.05, 4.69) is 17.6 Å². The summed E-state index contributed by atoms with van der Waals surface area (Å²) >= 11 is 11.3. The SMILES string of the molecule is CCc1ccccc1NC(=S)Nc1cc([N+](=O)[O-])ccc1Cl. The number of thiocarbonyl (C=S) groups is 1. The second-order valence-corrected chi connectivity index (χ2v) is 5.33. The molecule has 0 unspecified atom stereocenters. The van der Waals surface area contributed by atoms with E-state index >= 15 is 0 Å². The highest BCUT2D eigenvalue weighted by Crippen LogP contribution is 2.27. The van der Waals surface area contributed by atoms with Crippen molar-refractivity contribution in [2.75, 3.05) is 10.6 Å². The zero-order valence-corrected chi connectivity index (χ0v) is 13.4. The second-order valence-electron chi connectivity index (χ2n) is 4.51. The number of benzene rings is 2. The molecule has 2 rings (SSSR count). The Kier molecular flexibility index (Phi) is 5.30. The minimum Gasteiger partial charge on any atom is -0.332 e. The van der Waals surface area contributed by atoms with Crippen molar-refractivity contribution in [3.63, 3.8) is 0 Å². The molecule has 0 radical (unpaired) electrons. The van der Waals surface area contributed by atoms with E-state index in [1.165, 1.54) is 18.2 Å². The van der Waals surface area contributed by atoms with Crippen molar-refractivity contribution in [1.82, 2.24) is 0 Å². The van der Waals surface area contributed by atoms with E-state index < -0.39 is 4.92 Å². The van der Waals surface area contributed by atoms with Crippen LogP contribution in [-0.2, 0) is 6.42 Å². The predicted molar refractivity (Wildman–Crippen MR) is 93.8 cm³/mol. The molecule has 0 aliphatic rings.